The first-order chi connectivity index (χ1) is 8.31. The van der Waals surface area contributed by atoms with Crippen LogP contribution < -0.4 is 0 Å². The molecule has 0 saturated carbocycles. The lowest BCUT2D eigenvalue weighted by molar-refractivity contribution is 0.326. The second-order valence-corrected chi connectivity index (χ2v) is 4.21. The standard InChI is InChI=1S/C14H15FN2/c15-13-6-4-12(5-7-13)14(8-9-16)17-10-2-1-3-11-17/h4-8H,1-3,10-11H2/b14-8+. The van der Waals surface area contributed by atoms with Gasteiger partial charge in [-0.15, -0.1) is 0 Å². The van der Waals surface area contributed by atoms with Crippen molar-refractivity contribution in [3.8, 4) is 6.07 Å². The number of likely N-dealkylation sites (tertiary alicyclic amines) is 1. The van der Waals surface area contributed by atoms with Gasteiger partial charge in [-0.25, -0.2) is 4.39 Å². The molecule has 0 bridgehead atoms. The molecule has 0 atom stereocenters. The van der Waals surface area contributed by atoms with Crippen LogP contribution in [0.2, 0.25) is 0 Å². The first-order valence-corrected chi connectivity index (χ1v) is 5.92. The van der Waals surface area contributed by atoms with E-state index in [1.54, 1.807) is 18.2 Å². The van der Waals surface area contributed by atoms with E-state index in [2.05, 4.69) is 11.0 Å². The topological polar surface area (TPSA) is 27.0 Å². The summed E-state index contributed by atoms with van der Waals surface area (Å²) in [6.45, 7) is 1.95. The van der Waals surface area contributed by atoms with Gasteiger partial charge < -0.3 is 4.90 Å². The number of halogens is 1. The van der Waals surface area contributed by atoms with Gasteiger partial charge in [0.2, 0.25) is 0 Å². The first-order valence-electron chi connectivity index (χ1n) is 5.92. The summed E-state index contributed by atoms with van der Waals surface area (Å²) >= 11 is 0. The van der Waals surface area contributed by atoms with E-state index in [-0.39, 0.29) is 5.82 Å². The van der Waals surface area contributed by atoms with Gasteiger partial charge >= 0.3 is 0 Å². The molecule has 2 rings (SSSR count). The Morgan fingerprint density at radius 2 is 1.82 bits per heavy atom. The summed E-state index contributed by atoms with van der Waals surface area (Å²) in [6, 6.07) is 8.41. The molecule has 1 aromatic carbocycles. The summed E-state index contributed by atoms with van der Waals surface area (Å²) in [5.41, 5.74) is 1.82. The van der Waals surface area contributed by atoms with Gasteiger partial charge in [0, 0.05) is 19.2 Å². The van der Waals surface area contributed by atoms with Gasteiger partial charge in [0.15, 0.2) is 0 Å². The highest BCUT2D eigenvalue weighted by Crippen LogP contribution is 2.23. The van der Waals surface area contributed by atoms with Gasteiger partial charge in [0.05, 0.1) is 11.8 Å². The van der Waals surface area contributed by atoms with Gasteiger partial charge in [0.25, 0.3) is 0 Å². The SMILES string of the molecule is N#C/C=C(\c1ccc(F)cc1)N1CCCCC1. The third-order valence-corrected chi connectivity index (χ3v) is 3.04. The summed E-state index contributed by atoms with van der Waals surface area (Å²) < 4.78 is 12.9. The maximum atomic E-state index is 12.9. The van der Waals surface area contributed by atoms with Crippen LogP contribution in [0.15, 0.2) is 30.3 Å². The number of benzene rings is 1. The predicted molar refractivity (Wildman–Crippen MR) is 65.4 cm³/mol. The van der Waals surface area contributed by atoms with Gasteiger partial charge in [-0.2, -0.15) is 5.26 Å². The van der Waals surface area contributed by atoms with Crippen LogP contribution in [-0.4, -0.2) is 18.0 Å². The minimum Gasteiger partial charge on any atom is -0.370 e. The Labute approximate surface area is 101 Å². The fraction of sp³-hybridized carbons (Fsp3) is 0.357. The van der Waals surface area contributed by atoms with Crippen LogP contribution in [0.5, 0.6) is 0 Å². The maximum Gasteiger partial charge on any atom is 0.123 e. The van der Waals surface area contributed by atoms with Crippen LogP contribution in [0.3, 0.4) is 0 Å². The minimum atomic E-state index is -0.247. The van der Waals surface area contributed by atoms with Crippen molar-refractivity contribution in [1.82, 2.24) is 4.90 Å². The van der Waals surface area contributed by atoms with Crippen molar-refractivity contribution in [2.45, 2.75) is 19.3 Å². The number of piperidine rings is 1. The van der Waals surface area contributed by atoms with Gasteiger partial charge in [-0.05, 0) is 49.1 Å². The molecule has 0 N–H and O–H groups in total. The lowest BCUT2D eigenvalue weighted by Crippen LogP contribution is -2.28. The van der Waals surface area contributed by atoms with E-state index in [0.29, 0.717) is 0 Å². The number of hydrogen-bond acceptors (Lipinski definition) is 2. The zero-order chi connectivity index (χ0) is 12.1. The minimum absolute atomic E-state index is 0.247. The molecular formula is C14H15FN2. The number of allylic oxidation sites excluding steroid dienone is 1. The summed E-state index contributed by atoms with van der Waals surface area (Å²) in [7, 11) is 0. The lowest BCUT2D eigenvalue weighted by Gasteiger charge is -2.30. The number of nitriles is 1. The van der Waals surface area contributed by atoms with Gasteiger partial charge in [0.1, 0.15) is 5.82 Å². The van der Waals surface area contributed by atoms with Crippen LogP contribution in [-0.2, 0) is 0 Å². The van der Waals surface area contributed by atoms with E-state index in [1.165, 1.54) is 18.6 Å². The predicted octanol–water partition coefficient (Wildman–Crippen LogP) is 3.18. The lowest BCUT2D eigenvalue weighted by atomic mass is 10.1. The molecular weight excluding hydrogens is 215 g/mol. The molecule has 0 spiro atoms. The van der Waals surface area contributed by atoms with Crippen molar-refractivity contribution in [2.75, 3.05) is 13.1 Å². The van der Waals surface area contributed by atoms with Crippen LogP contribution >= 0.6 is 0 Å². The van der Waals surface area contributed by atoms with Gasteiger partial charge in [-0.3, -0.25) is 0 Å². The first kappa shape index (κ1) is 11.7. The molecule has 0 aromatic heterocycles. The quantitative estimate of drug-likeness (QED) is 0.730. The average molecular weight is 230 g/mol. The molecule has 1 aliphatic heterocycles. The van der Waals surface area contributed by atoms with Crippen molar-refractivity contribution in [1.29, 1.82) is 5.26 Å². The normalized spacial score (nSPS) is 16.7. The van der Waals surface area contributed by atoms with Crippen molar-refractivity contribution in [3.63, 3.8) is 0 Å². The zero-order valence-corrected chi connectivity index (χ0v) is 9.69. The summed E-state index contributed by atoms with van der Waals surface area (Å²) in [5, 5.41) is 8.86. The fourth-order valence-electron chi connectivity index (χ4n) is 2.17. The summed E-state index contributed by atoms with van der Waals surface area (Å²) in [6.07, 6.45) is 5.12. The van der Waals surface area contributed by atoms with Crippen LogP contribution in [0.4, 0.5) is 4.39 Å². The molecule has 1 aliphatic rings. The third kappa shape index (κ3) is 2.85. The molecule has 88 valence electrons. The second kappa shape index (κ2) is 5.49. The maximum absolute atomic E-state index is 12.9. The molecule has 17 heavy (non-hydrogen) atoms. The highest BCUT2D eigenvalue weighted by Gasteiger charge is 2.14. The second-order valence-electron chi connectivity index (χ2n) is 4.21. The molecule has 2 nitrogen and oxygen atoms in total. The van der Waals surface area contributed by atoms with Crippen LogP contribution in [0, 0.1) is 17.1 Å². The molecule has 0 unspecified atom stereocenters. The van der Waals surface area contributed by atoms with Crippen molar-refractivity contribution in [2.24, 2.45) is 0 Å². The number of hydrogen-bond donors (Lipinski definition) is 0. The molecule has 1 fully saturated rings. The number of rotatable bonds is 2. The highest BCUT2D eigenvalue weighted by molar-refractivity contribution is 5.66. The van der Waals surface area contributed by atoms with Crippen LogP contribution in [0.1, 0.15) is 24.8 Å². The Bertz CT molecular complexity index is 436. The molecule has 0 radical (unpaired) electrons. The van der Waals surface area contributed by atoms with Crippen molar-refractivity contribution >= 4 is 5.70 Å². The molecule has 0 amide bonds. The molecule has 0 aliphatic carbocycles. The van der Waals surface area contributed by atoms with E-state index in [0.717, 1.165) is 37.2 Å². The average Bonchev–Trinajstić information content (AvgIpc) is 2.38. The molecule has 3 heteroatoms. The van der Waals surface area contributed by atoms with E-state index < -0.39 is 0 Å². The van der Waals surface area contributed by atoms with E-state index in [1.807, 2.05) is 0 Å². The summed E-state index contributed by atoms with van der Waals surface area (Å²) in [5.74, 6) is -0.247. The summed E-state index contributed by atoms with van der Waals surface area (Å²) in [4.78, 5) is 2.21. The molecule has 1 heterocycles. The highest BCUT2D eigenvalue weighted by atomic mass is 19.1. The Morgan fingerprint density at radius 1 is 1.18 bits per heavy atom. The Morgan fingerprint density at radius 3 is 2.41 bits per heavy atom. The Balaban J connectivity index is 2.26. The monoisotopic (exact) mass is 230 g/mol. The van der Waals surface area contributed by atoms with Crippen LogP contribution in [0.25, 0.3) is 5.70 Å². The smallest absolute Gasteiger partial charge is 0.123 e. The Kier molecular flexibility index (Phi) is 3.77. The molecule has 1 aromatic rings. The zero-order valence-electron chi connectivity index (χ0n) is 9.69. The largest absolute Gasteiger partial charge is 0.370 e. The van der Waals surface area contributed by atoms with E-state index >= 15 is 0 Å². The van der Waals surface area contributed by atoms with Gasteiger partial charge in [-0.1, -0.05) is 0 Å². The van der Waals surface area contributed by atoms with Crippen molar-refractivity contribution in [3.05, 3.63) is 41.7 Å². The van der Waals surface area contributed by atoms with Crippen molar-refractivity contribution < 1.29 is 4.39 Å². The third-order valence-electron chi connectivity index (χ3n) is 3.04. The fourth-order valence-corrected chi connectivity index (χ4v) is 2.17. The van der Waals surface area contributed by atoms with E-state index in [9.17, 15) is 4.39 Å². The number of nitrogens with zero attached hydrogens (tertiary/aromatic N) is 2. The molecule has 1 saturated heterocycles. The van der Waals surface area contributed by atoms with E-state index in [4.69, 9.17) is 5.26 Å². The Hall–Kier alpha value is -1.82.